The Labute approximate surface area is 162 Å². The summed E-state index contributed by atoms with van der Waals surface area (Å²) in [4.78, 5) is 12.2. The SMILES string of the molecule is COc1ccc(CC(=O)OCc2cc(Cl)c3c(c2)OCCCO3)cc1OC. The molecule has 0 saturated carbocycles. The summed E-state index contributed by atoms with van der Waals surface area (Å²) in [5.41, 5.74) is 1.51. The predicted octanol–water partition coefficient (Wildman–Crippen LogP) is 3.80. The van der Waals surface area contributed by atoms with E-state index in [1.54, 1.807) is 44.6 Å². The van der Waals surface area contributed by atoms with E-state index in [-0.39, 0.29) is 19.0 Å². The summed E-state index contributed by atoms with van der Waals surface area (Å²) in [6, 6.07) is 8.82. The molecular weight excluding hydrogens is 372 g/mol. The van der Waals surface area contributed by atoms with Crippen molar-refractivity contribution in [3.05, 3.63) is 46.5 Å². The first kappa shape index (κ1) is 19.2. The second-order valence-electron chi connectivity index (χ2n) is 5.98. The Hall–Kier alpha value is -2.60. The minimum Gasteiger partial charge on any atom is -0.493 e. The second-order valence-corrected chi connectivity index (χ2v) is 6.39. The summed E-state index contributed by atoms with van der Waals surface area (Å²) >= 11 is 6.26. The van der Waals surface area contributed by atoms with Crippen LogP contribution in [0.5, 0.6) is 23.0 Å². The molecule has 3 rings (SSSR count). The number of hydrogen-bond donors (Lipinski definition) is 0. The summed E-state index contributed by atoms with van der Waals surface area (Å²) in [6.45, 7) is 1.22. The van der Waals surface area contributed by atoms with Crippen LogP contribution in [0, 0.1) is 0 Å². The summed E-state index contributed by atoms with van der Waals surface area (Å²) in [7, 11) is 3.11. The number of benzene rings is 2. The van der Waals surface area contributed by atoms with Crippen LogP contribution in [0.4, 0.5) is 0 Å². The molecule has 0 unspecified atom stereocenters. The molecule has 1 heterocycles. The first-order valence-electron chi connectivity index (χ1n) is 8.55. The topological polar surface area (TPSA) is 63.2 Å². The van der Waals surface area contributed by atoms with Crippen molar-refractivity contribution in [1.82, 2.24) is 0 Å². The van der Waals surface area contributed by atoms with Crippen molar-refractivity contribution in [2.45, 2.75) is 19.4 Å². The van der Waals surface area contributed by atoms with Crippen LogP contribution in [0.2, 0.25) is 5.02 Å². The van der Waals surface area contributed by atoms with E-state index in [2.05, 4.69) is 0 Å². The van der Waals surface area contributed by atoms with Gasteiger partial charge in [0.1, 0.15) is 6.61 Å². The number of rotatable bonds is 6. The first-order valence-corrected chi connectivity index (χ1v) is 8.93. The van der Waals surface area contributed by atoms with Gasteiger partial charge in [0.25, 0.3) is 0 Å². The van der Waals surface area contributed by atoms with E-state index >= 15 is 0 Å². The van der Waals surface area contributed by atoms with E-state index in [9.17, 15) is 4.79 Å². The molecule has 7 heteroatoms. The van der Waals surface area contributed by atoms with Gasteiger partial charge in [-0.1, -0.05) is 17.7 Å². The minimum atomic E-state index is -0.356. The Bertz CT molecular complexity index is 820. The van der Waals surface area contributed by atoms with Gasteiger partial charge >= 0.3 is 5.97 Å². The minimum absolute atomic E-state index is 0.0997. The highest BCUT2D eigenvalue weighted by Crippen LogP contribution is 2.38. The van der Waals surface area contributed by atoms with Crippen molar-refractivity contribution >= 4 is 17.6 Å². The van der Waals surface area contributed by atoms with Crippen LogP contribution in [0.1, 0.15) is 17.5 Å². The lowest BCUT2D eigenvalue weighted by Crippen LogP contribution is -2.08. The highest BCUT2D eigenvalue weighted by Gasteiger charge is 2.16. The van der Waals surface area contributed by atoms with Crippen LogP contribution in [0.3, 0.4) is 0 Å². The van der Waals surface area contributed by atoms with Crippen LogP contribution >= 0.6 is 11.6 Å². The Kier molecular flexibility index (Phi) is 6.29. The van der Waals surface area contributed by atoms with E-state index in [1.807, 2.05) is 0 Å². The van der Waals surface area contributed by atoms with Crippen LogP contribution in [0.15, 0.2) is 30.3 Å². The fourth-order valence-corrected chi connectivity index (χ4v) is 3.03. The van der Waals surface area contributed by atoms with Crippen molar-refractivity contribution in [2.75, 3.05) is 27.4 Å². The van der Waals surface area contributed by atoms with E-state index in [0.29, 0.717) is 41.2 Å². The van der Waals surface area contributed by atoms with Crippen LogP contribution in [-0.2, 0) is 22.6 Å². The molecule has 0 atom stereocenters. The molecule has 0 bridgehead atoms. The van der Waals surface area contributed by atoms with Crippen LogP contribution in [-0.4, -0.2) is 33.4 Å². The number of carbonyl (C=O) groups is 1. The van der Waals surface area contributed by atoms with Gasteiger partial charge in [0.15, 0.2) is 23.0 Å². The van der Waals surface area contributed by atoms with Crippen LogP contribution in [0.25, 0.3) is 0 Å². The lowest BCUT2D eigenvalue weighted by Gasteiger charge is -2.12. The zero-order valence-corrected chi connectivity index (χ0v) is 16.0. The molecule has 0 aliphatic carbocycles. The molecule has 144 valence electrons. The van der Waals surface area contributed by atoms with Gasteiger partial charge in [-0.3, -0.25) is 4.79 Å². The van der Waals surface area contributed by atoms with Gasteiger partial charge < -0.3 is 23.7 Å². The lowest BCUT2D eigenvalue weighted by atomic mass is 10.1. The highest BCUT2D eigenvalue weighted by atomic mass is 35.5. The number of methoxy groups -OCH3 is 2. The molecule has 1 aliphatic heterocycles. The van der Waals surface area contributed by atoms with E-state index in [1.165, 1.54) is 0 Å². The summed E-state index contributed by atoms with van der Waals surface area (Å²) in [6.07, 6.45) is 0.916. The monoisotopic (exact) mass is 392 g/mol. The molecule has 2 aromatic rings. The number of ether oxygens (including phenoxy) is 5. The zero-order valence-electron chi connectivity index (χ0n) is 15.2. The average Bonchev–Trinajstić information content (AvgIpc) is 2.92. The quantitative estimate of drug-likeness (QED) is 0.697. The lowest BCUT2D eigenvalue weighted by molar-refractivity contribution is -0.144. The van der Waals surface area contributed by atoms with E-state index in [4.69, 9.17) is 35.3 Å². The molecule has 0 N–H and O–H groups in total. The van der Waals surface area contributed by atoms with Crippen molar-refractivity contribution < 1.29 is 28.5 Å². The third kappa shape index (κ3) is 4.77. The predicted molar refractivity (Wildman–Crippen MR) is 100 cm³/mol. The molecule has 0 amide bonds. The summed E-state index contributed by atoms with van der Waals surface area (Å²) < 4.78 is 27.0. The van der Waals surface area contributed by atoms with Gasteiger partial charge in [0, 0.05) is 6.42 Å². The second kappa shape index (κ2) is 8.86. The van der Waals surface area contributed by atoms with Crippen LogP contribution < -0.4 is 18.9 Å². The molecule has 0 fully saturated rings. The highest BCUT2D eigenvalue weighted by molar-refractivity contribution is 6.32. The maximum Gasteiger partial charge on any atom is 0.310 e. The van der Waals surface area contributed by atoms with Crippen molar-refractivity contribution in [1.29, 1.82) is 0 Å². The maximum absolute atomic E-state index is 12.2. The smallest absolute Gasteiger partial charge is 0.310 e. The van der Waals surface area contributed by atoms with Crippen molar-refractivity contribution in [3.63, 3.8) is 0 Å². The third-order valence-corrected chi connectivity index (χ3v) is 4.34. The third-order valence-electron chi connectivity index (χ3n) is 4.06. The van der Waals surface area contributed by atoms with E-state index in [0.717, 1.165) is 17.5 Å². The fourth-order valence-electron chi connectivity index (χ4n) is 2.74. The maximum atomic E-state index is 12.2. The first-order chi connectivity index (χ1) is 13.1. The molecule has 0 spiro atoms. The molecule has 6 nitrogen and oxygen atoms in total. The fraction of sp³-hybridized carbons (Fsp3) is 0.350. The van der Waals surface area contributed by atoms with Gasteiger partial charge in [-0.2, -0.15) is 0 Å². The summed E-state index contributed by atoms with van der Waals surface area (Å²) in [5, 5.41) is 0.445. The number of fused-ring (bicyclic) bond motifs is 1. The average molecular weight is 393 g/mol. The normalized spacial score (nSPS) is 12.9. The molecule has 1 aliphatic rings. The standard InChI is InChI=1S/C20H21ClO6/c1-23-16-5-4-13(9-17(16)24-2)11-19(22)27-12-14-8-15(21)20-18(10-14)25-6-3-7-26-20/h4-5,8-10H,3,6-7,11-12H2,1-2H3. The Morgan fingerprint density at radius 2 is 1.81 bits per heavy atom. The van der Waals surface area contributed by atoms with Gasteiger partial charge in [-0.25, -0.2) is 0 Å². The molecule has 0 radical (unpaired) electrons. The molecule has 0 saturated heterocycles. The van der Waals surface area contributed by atoms with E-state index < -0.39 is 0 Å². The number of halogens is 1. The molecule has 2 aromatic carbocycles. The number of esters is 1. The molecule has 27 heavy (non-hydrogen) atoms. The van der Waals surface area contributed by atoms with Gasteiger partial charge in [0.05, 0.1) is 38.9 Å². The largest absolute Gasteiger partial charge is 0.493 e. The molecule has 0 aromatic heterocycles. The Morgan fingerprint density at radius 1 is 1.04 bits per heavy atom. The number of hydrogen-bond acceptors (Lipinski definition) is 6. The Balaban J connectivity index is 1.62. The van der Waals surface area contributed by atoms with Crippen molar-refractivity contribution in [3.8, 4) is 23.0 Å². The van der Waals surface area contributed by atoms with Crippen molar-refractivity contribution in [2.24, 2.45) is 0 Å². The van der Waals surface area contributed by atoms with Gasteiger partial charge in [0.2, 0.25) is 0 Å². The summed E-state index contributed by atoms with van der Waals surface area (Å²) in [5.74, 6) is 1.93. The number of carbonyl (C=O) groups excluding carboxylic acids is 1. The zero-order chi connectivity index (χ0) is 19.2. The molecular formula is C20H21ClO6. The van der Waals surface area contributed by atoms with Gasteiger partial charge in [-0.15, -0.1) is 0 Å². The van der Waals surface area contributed by atoms with Gasteiger partial charge in [-0.05, 0) is 35.4 Å². The Morgan fingerprint density at radius 3 is 2.59 bits per heavy atom.